The molecule has 0 saturated heterocycles. The van der Waals surface area contributed by atoms with Gasteiger partial charge in [0.1, 0.15) is 23.7 Å². The van der Waals surface area contributed by atoms with E-state index in [4.69, 9.17) is 14.9 Å². The average Bonchev–Trinajstić information content (AvgIpc) is 2.86. The lowest BCUT2D eigenvalue weighted by atomic mass is 10.1. The zero-order valence-electron chi connectivity index (χ0n) is 11.7. The summed E-state index contributed by atoms with van der Waals surface area (Å²) in [6.07, 6.45) is 0. The van der Waals surface area contributed by atoms with Gasteiger partial charge in [0.05, 0.1) is 6.54 Å². The van der Waals surface area contributed by atoms with Crippen LogP contribution in [-0.2, 0) is 13.2 Å². The van der Waals surface area contributed by atoms with Crippen LogP contribution in [0.2, 0.25) is 0 Å². The molecular weight excluding hydrogens is 330 g/mol. The third-order valence-electron chi connectivity index (χ3n) is 3.48. The first kappa shape index (κ1) is 14.2. The number of benzene rings is 2. The number of rotatable bonds is 4. The topological polar surface area (TPSA) is 48.4 Å². The van der Waals surface area contributed by atoms with Crippen molar-refractivity contribution in [3.05, 3.63) is 63.8 Å². The van der Waals surface area contributed by atoms with Gasteiger partial charge in [-0.1, -0.05) is 34.1 Å². The second-order valence-electron chi connectivity index (χ2n) is 4.90. The molecule has 0 bridgehead atoms. The van der Waals surface area contributed by atoms with Crippen LogP contribution in [0.25, 0.3) is 11.0 Å². The molecule has 4 heteroatoms. The smallest absolute Gasteiger partial charge is 0.134 e. The highest BCUT2D eigenvalue weighted by atomic mass is 79.9. The van der Waals surface area contributed by atoms with E-state index in [0.717, 1.165) is 38.1 Å². The Hall–Kier alpha value is -1.78. The monoisotopic (exact) mass is 345 g/mol. The summed E-state index contributed by atoms with van der Waals surface area (Å²) in [5.74, 6) is 1.62. The number of hydrogen-bond donors (Lipinski definition) is 1. The van der Waals surface area contributed by atoms with Crippen LogP contribution in [0.5, 0.6) is 5.75 Å². The van der Waals surface area contributed by atoms with Gasteiger partial charge in [-0.3, -0.25) is 0 Å². The third kappa shape index (κ3) is 2.82. The maximum absolute atomic E-state index is 5.90. The summed E-state index contributed by atoms with van der Waals surface area (Å²) in [6, 6.07) is 13.9. The first-order valence-electron chi connectivity index (χ1n) is 6.77. The van der Waals surface area contributed by atoms with Gasteiger partial charge in [-0.05, 0) is 36.8 Å². The first-order chi connectivity index (χ1) is 10.2. The maximum atomic E-state index is 5.90. The molecule has 2 N–H and O–H groups in total. The zero-order chi connectivity index (χ0) is 14.8. The fraction of sp³-hybridized carbons (Fsp3) is 0.176. The lowest BCUT2D eigenvalue weighted by Gasteiger charge is -2.08. The van der Waals surface area contributed by atoms with Gasteiger partial charge in [-0.25, -0.2) is 0 Å². The van der Waals surface area contributed by atoms with Crippen LogP contribution < -0.4 is 10.5 Å². The standard InChI is InChI=1S/C17H16BrNO2/c1-11-8-12(6-7-15(11)18)20-10-14-13-4-2-3-5-16(13)21-17(14)9-19/h2-8H,9-10,19H2,1H3. The van der Waals surface area contributed by atoms with Crippen LogP contribution >= 0.6 is 15.9 Å². The van der Waals surface area contributed by atoms with E-state index in [1.807, 2.05) is 49.4 Å². The molecule has 0 radical (unpaired) electrons. The van der Waals surface area contributed by atoms with E-state index in [1.165, 1.54) is 0 Å². The molecular formula is C17H16BrNO2. The number of furan rings is 1. The second kappa shape index (κ2) is 5.92. The Labute approximate surface area is 131 Å². The van der Waals surface area contributed by atoms with Gasteiger partial charge < -0.3 is 14.9 Å². The molecule has 1 aromatic heterocycles. The van der Waals surface area contributed by atoms with E-state index in [1.54, 1.807) is 0 Å². The molecule has 21 heavy (non-hydrogen) atoms. The third-order valence-corrected chi connectivity index (χ3v) is 4.37. The van der Waals surface area contributed by atoms with E-state index in [9.17, 15) is 0 Å². The Balaban J connectivity index is 1.89. The number of aryl methyl sites for hydroxylation is 1. The number of fused-ring (bicyclic) bond motifs is 1. The van der Waals surface area contributed by atoms with Gasteiger partial charge in [-0.2, -0.15) is 0 Å². The Morgan fingerprint density at radius 2 is 2.00 bits per heavy atom. The molecule has 0 aliphatic carbocycles. The molecule has 0 atom stereocenters. The van der Waals surface area contributed by atoms with Crippen LogP contribution in [-0.4, -0.2) is 0 Å². The summed E-state index contributed by atoms with van der Waals surface area (Å²) in [6.45, 7) is 2.85. The Kier molecular flexibility index (Phi) is 3.99. The van der Waals surface area contributed by atoms with Crippen molar-refractivity contribution in [1.29, 1.82) is 0 Å². The van der Waals surface area contributed by atoms with Crippen molar-refractivity contribution in [3.63, 3.8) is 0 Å². The van der Waals surface area contributed by atoms with Crippen molar-refractivity contribution in [2.24, 2.45) is 5.73 Å². The number of halogens is 1. The molecule has 1 heterocycles. The van der Waals surface area contributed by atoms with Gasteiger partial charge in [0.2, 0.25) is 0 Å². The van der Waals surface area contributed by atoms with Gasteiger partial charge in [0, 0.05) is 15.4 Å². The van der Waals surface area contributed by atoms with Crippen molar-refractivity contribution in [2.45, 2.75) is 20.1 Å². The number of nitrogens with two attached hydrogens (primary N) is 1. The Bertz CT molecular complexity index is 780. The van der Waals surface area contributed by atoms with Crippen molar-refractivity contribution >= 4 is 26.9 Å². The molecule has 0 spiro atoms. The van der Waals surface area contributed by atoms with E-state index >= 15 is 0 Å². The molecule has 108 valence electrons. The first-order valence-corrected chi connectivity index (χ1v) is 7.56. The number of para-hydroxylation sites is 1. The molecule has 0 aliphatic rings. The lowest BCUT2D eigenvalue weighted by molar-refractivity contribution is 0.303. The van der Waals surface area contributed by atoms with Crippen LogP contribution in [0.15, 0.2) is 51.4 Å². The second-order valence-corrected chi connectivity index (χ2v) is 5.76. The van der Waals surface area contributed by atoms with Crippen molar-refractivity contribution < 1.29 is 9.15 Å². The Morgan fingerprint density at radius 1 is 1.19 bits per heavy atom. The van der Waals surface area contributed by atoms with Crippen molar-refractivity contribution in [3.8, 4) is 5.75 Å². The quantitative estimate of drug-likeness (QED) is 0.754. The summed E-state index contributed by atoms with van der Waals surface area (Å²) in [4.78, 5) is 0. The minimum atomic E-state index is 0.368. The summed E-state index contributed by atoms with van der Waals surface area (Å²) in [5.41, 5.74) is 8.79. The van der Waals surface area contributed by atoms with Crippen LogP contribution in [0.4, 0.5) is 0 Å². The maximum Gasteiger partial charge on any atom is 0.134 e. The zero-order valence-corrected chi connectivity index (χ0v) is 13.3. The molecule has 0 fully saturated rings. The molecule has 3 aromatic rings. The highest BCUT2D eigenvalue weighted by Gasteiger charge is 2.13. The highest BCUT2D eigenvalue weighted by Crippen LogP contribution is 2.28. The van der Waals surface area contributed by atoms with Gasteiger partial charge in [0.15, 0.2) is 0 Å². The summed E-state index contributed by atoms with van der Waals surface area (Å²) in [5, 5.41) is 1.06. The van der Waals surface area contributed by atoms with E-state index in [-0.39, 0.29) is 0 Å². The van der Waals surface area contributed by atoms with E-state index < -0.39 is 0 Å². The summed E-state index contributed by atoms with van der Waals surface area (Å²) >= 11 is 3.49. The predicted octanol–water partition coefficient (Wildman–Crippen LogP) is 4.54. The largest absolute Gasteiger partial charge is 0.489 e. The van der Waals surface area contributed by atoms with Crippen LogP contribution in [0.3, 0.4) is 0 Å². The summed E-state index contributed by atoms with van der Waals surface area (Å²) in [7, 11) is 0. The average molecular weight is 346 g/mol. The SMILES string of the molecule is Cc1cc(OCc2c(CN)oc3ccccc23)ccc1Br. The minimum absolute atomic E-state index is 0.368. The lowest BCUT2D eigenvalue weighted by Crippen LogP contribution is -2.02. The minimum Gasteiger partial charge on any atom is -0.489 e. The van der Waals surface area contributed by atoms with Gasteiger partial charge >= 0.3 is 0 Å². The van der Waals surface area contributed by atoms with Gasteiger partial charge in [0.25, 0.3) is 0 Å². The highest BCUT2D eigenvalue weighted by molar-refractivity contribution is 9.10. The van der Waals surface area contributed by atoms with E-state index in [0.29, 0.717) is 13.2 Å². The molecule has 0 aliphatic heterocycles. The summed E-state index contributed by atoms with van der Waals surface area (Å²) < 4.78 is 12.7. The number of ether oxygens (including phenoxy) is 1. The molecule has 3 rings (SSSR count). The normalized spacial score (nSPS) is 11.0. The van der Waals surface area contributed by atoms with Gasteiger partial charge in [-0.15, -0.1) is 0 Å². The molecule has 0 unspecified atom stereocenters. The molecule has 3 nitrogen and oxygen atoms in total. The predicted molar refractivity (Wildman–Crippen MR) is 87.3 cm³/mol. The van der Waals surface area contributed by atoms with Crippen LogP contribution in [0, 0.1) is 6.92 Å². The molecule has 0 amide bonds. The fourth-order valence-corrected chi connectivity index (χ4v) is 2.58. The Morgan fingerprint density at radius 3 is 2.76 bits per heavy atom. The van der Waals surface area contributed by atoms with Crippen LogP contribution in [0.1, 0.15) is 16.9 Å². The molecule has 2 aromatic carbocycles. The number of hydrogen-bond acceptors (Lipinski definition) is 3. The van der Waals surface area contributed by atoms with E-state index in [2.05, 4.69) is 15.9 Å². The fourth-order valence-electron chi connectivity index (χ4n) is 2.34. The van der Waals surface area contributed by atoms with Crippen molar-refractivity contribution in [2.75, 3.05) is 0 Å². The van der Waals surface area contributed by atoms with Crippen molar-refractivity contribution in [1.82, 2.24) is 0 Å². The molecule has 0 saturated carbocycles.